The maximum atomic E-state index is 5.88. The number of ether oxygens (including phenoxy) is 1. The quantitative estimate of drug-likeness (QED) is 0.929. The van der Waals surface area contributed by atoms with Crippen LogP contribution in [0.25, 0.3) is 0 Å². The molecule has 0 amide bonds. The summed E-state index contributed by atoms with van der Waals surface area (Å²) < 4.78 is 5.88. The van der Waals surface area contributed by atoms with Crippen LogP contribution >= 0.6 is 0 Å². The van der Waals surface area contributed by atoms with Crippen LogP contribution in [0.4, 0.5) is 5.82 Å². The van der Waals surface area contributed by atoms with E-state index in [1.54, 1.807) is 12.4 Å². The van der Waals surface area contributed by atoms with E-state index in [4.69, 9.17) is 4.74 Å². The molecule has 0 unspecified atom stereocenters. The summed E-state index contributed by atoms with van der Waals surface area (Å²) in [7, 11) is 1.90. The number of anilines is 1. The number of aromatic nitrogens is 3. The Balaban J connectivity index is 1.70. The minimum atomic E-state index is 0.00478. The van der Waals surface area contributed by atoms with Crippen molar-refractivity contribution < 1.29 is 4.74 Å². The molecule has 1 aliphatic rings. The van der Waals surface area contributed by atoms with Gasteiger partial charge in [0.25, 0.3) is 0 Å². The largest absolute Gasteiger partial charge is 0.373 e. The number of hydrogen-bond acceptors (Lipinski definition) is 6. The summed E-state index contributed by atoms with van der Waals surface area (Å²) in [6, 6.07) is 6.02. The monoisotopic (exact) mass is 299 g/mol. The number of nitrogens with one attached hydrogen (secondary N) is 1. The fourth-order valence-electron chi connectivity index (χ4n) is 2.71. The lowest BCUT2D eigenvalue weighted by atomic mass is 10.1. The van der Waals surface area contributed by atoms with E-state index >= 15 is 0 Å². The van der Waals surface area contributed by atoms with Crippen molar-refractivity contribution in [2.45, 2.75) is 19.6 Å². The minimum Gasteiger partial charge on any atom is -0.373 e. The molecule has 6 heteroatoms. The molecule has 3 rings (SSSR count). The fourth-order valence-corrected chi connectivity index (χ4v) is 2.71. The maximum absolute atomic E-state index is 5.88. The zero-order valence-corrected chi connectivity index (χ0v) is 13.0. The third kappa shape index (κ3) is 3.40. The molecule has 2 aromatic heterocycles. The second-order valence-corrected chi connectivity index (χ2v) is 5.38. The van der Waals surface area contributed by atoms with Crippen molar-refractivity contribution in [1.29, 1.82) is 0 Å². The van der Waals surface area contributed by atoms with Crippen LogP contribution in [-0.2, 0) is 11.3 Å². The average Bonchev–Trinajstić information content (AvgIpc) is 2.56. The van der Waals surface area contributed by atoms with Crippen molar-refractivity contribution in [2.24, 2.45) is 0 Å². The second kappa shape index (κ2) is 6.81. The number of aryl methyl sites for hydroxylation is 1. The number of hydrogen-bond donors (Lipinski definition) is 1. The molecule has 0 saturated carbocycles. The lowest BCUT2D eigenvalue weighted by Gasteiger charge is -2.32. The molecular weight excluding hydrogens is 278 g/mol. The normalized spacial score (nSPS) is 19.1. The highest BCUT2D eigenvalue weighted by Crippen LogP contribution is 2.23. The Morgan fingerprint density at radius 3 is 3.05 bits per heavy atom. The molecule has 1 N–H and O–H groups in total. The molecule has 116 valence electrons. The van der Waals surface area contributed by atoms with Crippen LogP contribution in [0.3, 0.4) is 0 Å². The Labute approximate surface area is 130 Å². The summed E-state index contributed by atoms with van der Waals surface area (Å²) in [5.74, 6) is 1.71. The zero-order valence-electron chi connectivity index (χ0n) is 13.0. The highest BCUT2D eigenvalue weighted by molar-refractivity contribution is 5.42. The molecule has 22 heavy (non-hydrogen) atoms. The third-order valence-corrected chi connectivity index (χ3v) is 3.80. The van der Waals surface area contributed by atoms with Gasteiger partial charge in [-0.2, -0.15) is 0 Å². The summed E-state index contributed by atoms with van der Waals surface area (Å²) in [5, 5.41) is 3.15. The molecule has 0 aliphatic carbocycles. The van der Waals surface area contributed by atoms with E-state index in [0.29, 0.717) is 6.61 Å². The van der Waals surface area contributed by atoms with Crippen molar-refractivity contribution in [3.63, 3.8) is 0 Å². The number of pyridine rings is 1. The predicted octanol–water partition coefficient (Wildman–Crippen LogP) is 1.80. The van der Waals surface area contributed by atoms with Gasteiger partial charge >= 0.3 is 0 Å². The molecule has 0 spiro atoms. The van der Waals surface area contributed by atoms with Crippen LogP contribution < -0.4 is 5.32 Å². The summed E-state index contributed by atoms with van der Waals surface area (Å²) in [6.45, 7) is 5.21. The Bertz CT molecular complexity index is 633. The van der Waals surface area contributed by atoms with Gasteiger partial charge in [0.2, 0.25) is 0 Å². The van der Waals surface area contributed by atoms with E-state index in [1.165, 1.54) is 5.56 Å². The Kier molecular flexibility index (Phi) is 4.60. The van der Waals surface area contributed by atoms with E-state index in [0.717, 1.165) is 37.0 Å². The van der Waals surface area contributed by atoms with Gasteiger partial charge in [-0.3, -0.25) is 4.90 Å². The van der Waals surface area contributed by atoms with Gasteiger partial charge in [-0.1, -0.05) is 6.07 Å². The molecule has 1 atom stereocenters. The topological polar surface area (TPSA) is 63.2 Å². The van der Waals surface area contributed by atoms with Crippen LogP contribution in [0.2, 0.25) is 0 Å². The van der Waals surface area contributed by atoms with Crippen LogP contribution in [0, 0.1) is 6.92 Å². The van der Waals surface area contributed by atoms with Crippen LogP contribution in [-0.4, -0.2) is 46.6 Å². The third-order valence-electron chi connectivity index (χ3n) is 3.80. The average molecular weight is 299 g/mol. The predicted molar refractivity (Wildman–Crippen MR) is 84.5 cm³/mol. The van der Waals surface area contributed by atoms with Crippen LogP contribution in [0.15, 0.2) is 30.6 Å². The first kappa shape index (κ1) is 14.9. The fraction of sp³-hybridized carbons (Fsp3) is 0.438. The molecule has 6 nitrogen and oxygen atoms in total. The summed E-state index contributed by atoms with van der Waals surface area (Å²) in [4.78, 5) is 15.4. The summed E-state index contributed by atoms with van der Waals surface area (Å²) in [5.41, 5.74) is 2.15. The SMILES string of the molecule is CNc1ncccc1CN1CCO[C@H](c2ccnc(C)n2)C1. The van der Waals surface area contributed by atoms with Gasteiger partial charge in [-0.25, -0.2) is 15.0 Å². The summed E-state index contributed by atoms with van der Waals surface area (Å²) in [6.07, 6.45) is 3.60. The molecule has 0 aromatic carbocycles. The highest BCUT2D eigenvalue weighted by atomic mass is 16.5. The minimum absolute atomic E-state index is 0.00478. The number of nitrogens with zero attached hydrogens (tertiary/aromatic N) is 4. The molecule has 1 saturated heterocycles. The van der Waals surface area contributed by atoms with Crippen molar-refractivity contribution in [3.8, 4) is 0 Å². The van der Waals surface area contributed by atoms with Crippen molar-refractivity contribution in [3.05, 3.63) is 47.7 Å². The first-order valence-corrected chi connectivity index (χ1v) is 7.51. The number of morpholine rings is 1. The van der Waals surface area contributed by atoms with Crippen molar-refractivity contribution in [1.82, 2.24) is 19.9 Å². The molecule has 0 radical (unpaired) electrons. The van der Waals surface area contributed by atoms with Gasteiger partial charge in [0.05, 0.1) is 12.3 Å². The van der Waals surface area contributed by atoms with E-state index in [-0.39, 0.29) is 6.10 Å². The molecule has 1 aliphatic heterocycles. The van der Waals surface area contributed by atoms with Crippen LogP contribution in [0.1, 0.15) is 23.2 Å². The van der Waals surface area contributed by atoms with Gasteiger partial charge < -0.3 is 10.1 Å². The molecular formula is C16H21N5O. The summed E-state index contributed by atoms with van der Waals surface area (Å²) >= 11 is 0. The lowest BCUT2D eigenvalue weighted by molar-refractivity contribution is -0.0350. The molecule has 0 bridgehead atoms. The Morgan fingerprint density at radius 1 is 1.32 bits per heavy atom. The molecule has 3 heterocycles. The molecule has 1 fully saturated rings. The van der Waals surface area contributed by atoms with Gasteiger partial charge in [-0.15, -0.1) is 0 Å². The zero-order chi connectivity index (χ0) is 15.4. The van der Waals surface area contributed by atoms with E-state index in [1.807, 2.05) is 26.1 Å². The van der Waals surface area contributed by atoms with Gasteiger partial charge in [-0.05, 0) is 19.1 Å². The first-order valence-electron chi connectivity index (χ1n) is 7.51. The van der Waals surface area contributed by atoms with E-state index < -0.39 is 0 Å². The van der Waals surface area contributed by atoms with E-state index in [2.05, 4.69) is 31.2 Å². The van der Waals surface area contributed by atoms with Crippen molar-refractivity contribution >= 4 is 5.82 Å². The number of rotatable bonds is 4. The van der Waals surface area contributed by atoms with Gasteiger partial charge in [0, 0.05) is 44.6 Å². The Morgan fingerprint density at radius 2 is 2.23 bits per heavy atom. The first-order chi connectivity index (χ1) is 10.8. The smallest absolute Gasteiger partial charge is 0.130 e. The Hall–Kier alpha value is -2.05. The van der Waals surface area contributed by atoms with Crippen LogP contribution in [0.5, 0.6) is 0 Å². The standard InChI is InChI=1S/C16H21N5O/c1-12-18-7-5-14(20-12)15-11-21(8-9-22-15)10-13-4-3-6-19-16(13)17-2/h3-7,15H,8-11H2,1-2H3,(H,17,19)/t15-/m0/s1. The highest BCUT2D eigenvalue weighted by Gasteiger charge is 2.23. The lowest BCUT2D eigenvalue weighted by Crippen LogP contribution is -2.38. The van der Waals surface area contributed by atoms with Gasteiger partial charge in [0.15, 0.2) is 0 Å². The molecule has 2 aromatic rings. The maximum Gasteiger partial charge on any atom is 0.130 e. The van der Waals surface area contributed by atoms with Gasteiger partial charge in [0.1, 0.15) is 17.7 Å². The second-order valence-electron chi connectivity index (χ2n) is 5.38. The van der Waals surface area contributed by atoms with Crippen molar-refractivity contribution in [2.75, 3.05) is 32.1 Å². The van der Waals surface area contributed by atoms with E-state index in [9.17, 15) is 0 Å².